The van der Waals surface area contributed by atoms with E-state index in [1.54, 1.807) is 0 Å². The molecule has 0 bridgehead atoms. The van der Waals surface area contributed by atoms with Crippen molar-refractivity contribution >= 4 is 0 Å². The maximum atomic E-state index is 9.86. The minimum absolute atomic E-state index is 0.488. The third-order valence-corrected chi connectivity index (χ3v) is 3.08. The van der Waals surface area contributed by atoms with Gasteiger partial charge in [0.25, 0.3) is 0 Å². The second-order valence-corrected chi connectivity index (χ2v) is 3.78. The lowest BCUT2D eigenvalue weighted by Crippen LogP contribution is -2.65. The Hall–Kier alpha value is -0.240. The molecule has 0 saturated heterocycles. The summed E-state index contributed by atoms with van der Waals surface area (Å²) in [6, 6.07) is 0. The van der Waals surface area contributed by atoms with E-state index in [9.17, 15) is 10.2 Å². The van der Waals surface area contributed by atoms with Crippen molar-refractivity contribution in [1.82, 2.24) is 0 Å². The first-order valence-electron chi connectivity index (χ1n) is 5.09. The lowest BCUT2D eigenvalue weighted by atomic mass is 9.84. The van der Waals surface area contributed by atoms with Crippen LogP contribution in [0.2, 0.25) is 0 Å². The summed E-state index contributed by atoms with van der Waals surface area (Å²) < 4.78 is 20.8. The van der Waals surface area contributed by atoms with Gasteiger partial charge < -0.3 is 29.2 Å². The minimum atomic E-state index is -1.06. The number of aliphatic hydroxyl groups excluding tert-OH is 2. The fraction of sp³-hybridized carbons (Fsp3) is 1.00. The zero-order chi connectivity index (χ0) is 12.3. The summed E-state index contributed by atoms with van der Waals surface area (Å²) in [7, 11) is 5.90. The Kier molecular flexibility index (Phi) is 5.10. The highest BCUT2D eigenvalue weighted by Gasteiger charge is 2.51. The number of hydrogen-bond acceptors (Lipinski definition) is 6. The lowest BCUT2D eigenvalue weighted by molar-refractivity contribution is -0.247. The summed E-state index contributed by atoms with van der Waals surface area (Å²) in [6.45, 7) is 0. The molecule has 0 heterocycles. The molecule has 0 amide bonds. The summed E-state index contributed by atoms with van der Waals surface area (Å²) in [5, 5.41) is 19.7. The molecular formula is C10H20O6. The maximum Gasteiger partial charge on any atom is 0.115 e. The van der Waals surface area contributed by atoms with Crippen LogP contribution >= 0.6 is 0 Å². The Morgan fingerprint density at radius 3 is 1.00 bits per heavy atom. The van der Waals surface area contributed by atoms with Crippen LogP contribution in [-0.2, 0) is 18.9 Å². The van der Waals surface area contributed by atoms with Gasteiger partial charge >= 0.3 is 0 Å². The zero-order valence-corrected chi connectivity index (χ0v) is 9.99. The largest absolute Gasteiger partial charge is 0.387 e. The summed E-state index contributed by atoms with van der Waals surface area (Å²) in [4.78, 5) is 0. The van der Waals surface area contributed by atoms with Gasteiger partial charge in [-0.15, -0.1) is 0 Å². The number of rotatable bonds is 4. The summed E-state index contributed by atoms with van der Waals surface area (Å²) in [5.41, 5.74) is 0. The van der Waals surface area contributed by atoms with Crippen LogP contribution in [0.5, 0.6) is 0 Å². The van der Waals surface area contributed by atoms with E-state index in [0.717, 1.165) is 0 Å². The van der Waals surface area contributed by atoms with Crippen molar-refractivity contribution in [3.05, 3.63) is 0 Å². The van der Waals surface area contributed by atoms with Crippen LogP contribution in [-0.4, -0.2) is 75.3 Å². The molecule has 0 unspecified atom stereocenters. The first-order valence-corrected chi connectivity index (χ1v) is 5.09. The molecule has 0 spiro atoms. The standard InChI is InChI=1S/C10H20O6/c1-13-7-5(11)6(12)8(14-2)10(16-4)9(7)15-3/h5-12H,1-4H3/t5-,6-,7+,8+,9+,10+/m0/s1. The van der Waals surface area contributed by atoms with Gasteiger partial charge in [0.05, 0.1) is 0 Å². The van der Waals surface area contributed by atoms with E-state index in [0.29, 0.717) is 0 Å². The Morgan fingerprint density at radius 1 is 0.562 bits per heavy atom. The number of aliphatic hydroxyl groups is 2. The molecule has 0 aromatic rings. The van der Waals surface area contributed by atoms with Gasteiger partial charge in [-0.3, -0.25) is 0 Å². The van der Waals surface area contributed by atoms with Crippen LogP contribution in [0, 0.1) is 0 Å². The fourth-order valence-electron chi connectivity index (χ4n) is 2.23. The molecule has 6 nitrogen and oxygen atoms in total. The van der Waals surface area contributed by atoms with E-state index in [1.165, 1.54) is 28.4 Å². The molecule has 1 rings (SSSR count). The monoisotopic (exact) mass is 236 g/mol. The average Bonchev–Trinajstić information content (AvgIpc) is 2.31. The van der Waals surface area contributed by atoms with Crippen molar-refractivity contribution in [3.63, 3.8) is 0 Å². The SMILES string of the molecule is CO[C@H]1[C@H](OC)[C@H](OC)[C@@H](O)[C@H](O)[C@H]1OC. The highest BCUT2D eigenvalue weighted by Crippen LogP contribution is 2.28. The Balaban J connectivity index is 2.94. The third-order valence-electron chi connectivity index (χ3n) is 3.08. The van der Waals surface area contributed by atoms with Crippen LogP contribution in [0.25, 0.3) is 0 Å². The lowest BCUT2D eigenvalue weighted by Gasteiger charge is -2.45. The summed E-state index contributed by atoms with van der Waals surface area (Å²) in [5.74, 6) is 0. The molecule has 1 aliphatic carbocycles. The molecule has 2 N–H and O–H groups in total. The fourth-order valence-corrected chi connectivity index (χ4v) is 2.23. The topological polar surface area (TPSA) is 77.4 Å². The molecule has 1 saturated carbocycles. The molecule has 16 heavy (non-hydrogen) atoms. The number of ether oxygens (including phenoxy) is 4. The van der Waals surface area contributed by atoms with Crippen molar-refractivity contribution in [1.29, 1.82) is 0 Å². The predicted octanol–water partition coefficient (Wildman–Crippen LogP) is -1.22. The second-order valence-electron chi connectivity index (χ2n) is 3.78. The van der Waals surface area contributed by atoms with Gasteiger partial charge in [0, 0.05) is 28.4 Å². The normalized spacial score (nSPS) is 44.6. The van der Waals surface area contributed by atoms with E-state index in [1.807, 2.05) is 0 Å². The van der Waals surface area contributed by atoms with Crippen LogP contribution in [0.4, 0.5) is 0 Å². The number of methoxy groups -OCH3 is 4. The maximum absolute atomic E-state index is 9.86. The Morgan fingerprint density at radius 2 is 0.812 bits per heavy atom. The van der Waals surface area contributed by atoms with E-state index in [-0.39, 0.29) is 0 Å². The number of hydrogen-bond donors (Lipinski definition) is 2. The second kappa shape index (κ2) is 5.90. The predicted molar refractivity (Wildman–Crippen MR) is 55.2 cm³/mol. The minimum Gasteiger partial charge on any atom is -0.387 e. The first kappa shape index (κ1) is 13.8. The highest BCUT2D eigenvalue weighted by molar-refractivity contribution is 5.01. The first-order chi connectivity index (χ1) is 7.62. The quantitative estimate of drug-likeness (QED) is 0.637. The smallest absolute Gasteiger partial charge is 0.115 e. The molecule has 0 aromatic carbocycles. The van der Waals surface area contributed by atoms with Crippen molar-refractivity contribution in [2.45, 2.75) is 36.6 Å². The van der Waals surface area contributed by atoms with Crippen molar-refractivity contribution < 1.29 is 29.2 Å². The van der Waals surface area contributed by atoms with Crippen LogP contribution in [0.1, 0.15) is 0 Å². The van der Waals surface area contributed by atoms with Gasteiger partial charge in [0.1, 0.15) is 36.6 Å². The third kappa shape index (κ3) is 2.22. The van der Waals surface area contributed by atoms with Crippen molar-refractivity contribution in [2.24, 2.45) is 0 Å². The van der Waals surface area contributed by atoms with Crippen molar-refractivity contribution in [3.8, 4) is 0 Å². The Labute approximate surface area is 95.1 Å². The molecule has 1 fully saturated rings. The molecular weight excluding hydrogens is 216 g/mol. The summed E-state index contributed by atoms with van der Waals surface area (Å²) in [6.07, 6.45) is -4.39. The highest BCUT2D eigenvalue weighted by atomic mass is 16.6. The Bertz CT molecular complexity index is 189. The van der Waals surface area contributed by atoms with Gasteiger partial charge in [0.2, 0.25) is 0 Å². The molecule has 0 radical (unpaired) electrons. The van der Waals surface area contributed by atoms with Crippen LogP contribution < -0.4 is 0 Å². The van der Waals surface area contributed by atoms with Gasteiger partial charge in [0.15, 0.2) is 0 Å². The average molecular weight is 236 g/mol. The molecule has 6 heteroatoms. The van der Waals surface area contributed by atoms with Gasteiger partial charge in [-0.05, 0) is 0 Å². The molecule has 0 aliphatic heterocycles. The van der Waals surface area contributed by atoms with Gasteiger partial charge in [-0.2, -0.15) is 0 Å². The molecule has 96 valence electrons. The molecule has 0 aromatic heterocycles. The molecule has 6 atom stereocenters. The summed E-state index contributed by atoms with van der Waals surface area (Å²) >= 11 is 0. The van der Waals surface area contributed by atoms with E-state index in [4.69, 9.17) is 18.9 Å². The van der Waals surface area contributed by atoms with E-state index >= 15 is 0 Å². The van der Waals surface area contributed by atoms with E-state index < -0.39 is 36.6 Å². The van der Waals surface area contributed by atoms with Crippen molar-refractivity contribution in [2.75, 3.05) is 28.4 Å². The van der Waals surface area contributed by atoms with Crippen LogP contribution in [0.3, 0.4) is 0 Å². The van der Waals surface area contributed by atoms with Crippen LogP contribution in [0.15, 0.2) is 0 Å². The molecule has 1 aliphatic rings. The zero-order valence-electron chi connectivity index (χ0n) is 9.99. The van der Waals surface area contributed by atoms with Gasteiger partial charge in [-0.1, -0.05) is 0 Å². The van der Waals surface area contributed by atoms with Gasteiger partial charge in [-0.25, -0.2) is 0 Å². The van der Waals surface area contributed by atoms with E-state index in [2.05, 4.69) is 0 Å².